The van der Waals surface area contributed by atoms with Gasteiger partial charge in [-0.3, -0.25) is 0 Å². The molecule has 0 fully saturated rings. The average molecular weight is 300 g/mol. The van der Waals surface area contributed by atoms with Gasteiger partial charge in [0.25, 0.3) is 0 Å². The first-order valence-corrected chi connectivity index (χ1v) is 7.02. The van der Waals surface area contributed by atoms with E-state index in [1.54, 1.807) is 7.11 Å². The zero-order valence-electron chi connectivity index (χ0n) is 10.9. The summed E-state index contributed by atoms with van der Waals surface area (Å²) in [6.45, 7) is 5.43. The van der Waals surface area contributed by atoms with Crippen molar-refractivity contribution in [3.8, 4) is 5.75 Å². The molecule has 0 spiro atoms. The maximum absolute atomic E-state index is 5.37. The van der Waals surface area contributed by atoms with E-state index in [-0.39, 0.29) is 0 Å². The molecule has 0 amide bonds. The molecule has 0 saturated heterocycles. The van der Waals surface area contributed by atoms with Crippen molar-refractivity contribution in [3.63, 3.8) is 0 Å². The van der Waals surface area contributed by atoms with E-state index >= 15 is 0 Å². The van der Waals surface area contributed by atoms with Crippen molar-refractivity contribution in [1.29, 1.82) is 0 Å². The molecule has 2 nitrogen and oxygen atoms in total. The second-order valence-corrected chi connectivity index (χ2v) is 5.22. The minimum Gasteiger partial charge on any atom is -0.496 e. The molecule has 0 bridgehead atoms. The maximum atomic E-state index is 5.37. The monoisotopic (exact) mass is 299 g/mol. The lowest BCUT2D eigenvalue weighted by molar-refractivity contribution is 0.407. The molecular weight excluding hydrogens is 278 g/mol. The Morgan fingerprint density at radius 3 is 2.82 bits per heavy atom. The van der Waals surface area contributed by atoms with Gasteiger partial charge in [-0.25, -0.2) is 0 Å². The number of hydrogen-bond donors (Lipinski definition) is 1. The van der Waals surface area contributed by atoms with Crippen LogP contribution >= 0.6 is 15.9 Å². The highest BCUT2D eigenvalue weighted by molar-refractivity contribution is 9.10. The molecule has 1 rings (SSSR count). The van der Waals surface area contributed by atoms with Gasteiger partial charge in [-0.2, -0.15) is 0 Å². The Morgan fingerprint density at radius 2 is 2.18 bits per heavy atom. The van der Waals surface area contributed by atoms with Crippen LogP contribution in [0.4, 0.5) is 0 Å². The predicted octanol–water partition coefficient (Wildman–Crippen LogP) is 3.78. The molecule has 1 aromatic carbocycles. The van der Waals surface area contributed by atoms with Gasteiger partial charge in [-0.1, -0.05) is 22.9 Å². The molecule has 0 aliphatic rings. The largest absolute Gasteiger partial charge is 0.496 e. The molecule has 17 heavy (non-hydrogen) atoms. The number of benzene rings is 1. The number of aryl methyl sites for hydroxylation is 1. The van der Waals surface area contributed by atoms with E-state index in [1.807, 2.05) is 12.1 Å². The zero-order chi connectivity index (χ0) is 12.7. The van der Waals surface area contributed by atoms with Gasteiger partial charge in [-0.15, -0.1) is 0 Å². The van der Waals surface area contributed by atoms with Crippen molar-refractivity contribution in [2.75, 3.05) is 13.7 Å². The molecule has 0 heterocycles. The fourth-order valence-electron chi connectivity index (χ4n) is 1.99. The summed E-state index contributed by atoms with van der Waals surface area (Å²) in [5.41, 5.74) is 1.28. The van der Waals surface area contributed by atoms with Gasteiger partial charge in [0.15, 0.2) is 0 Å². The molecule has 0 saturated carbocycles. The third-order valence-electron chi connectivity index (χ3n) is 2.88. The first-order valence-electron chi connectivity index (χ1n) is 6.23. The molecule has 3 heteroatoms. The standard InChI is InChI=1S/C14H22BrNO/c1-4-16-11(2)6-5-7-12-10-13(15)8-9-14(12)17-3/h8-11,16H,4-7H2,1-3H3. The van der Waals surface area contributed by atoms with Crippen LogP contribution in [-0.4, -0.2) is 19.7 Å². The third-order valence-corrected chi connectivity index (χ3v) is 3.37. The van der Waals surface area contributed by atoms with Crippen LogP contribution in [0.25, 0.3) is 0 Å². The molecule has 1 atom stereocenters. The first kappa shape index (κ1) is 14.5. The lowest BCUT2D eigenvalue weighted by Gasteiger charge is -2.13. The summed E-state index contributed by atoms with van der Waals surface area (Å²) in [5, 5.41) is 3.43. The number of methoxy groups -OCH3 is 1. The number of hydrogen-bond acceptors (Lipinski definition) is 2. The topological polar surface area (TPSA) is 21.3 Å². The fourth-order valence-corrected chi connectivity index (χ4v) is 2.40. The van der Waals surface area contributed by atoms with Crippen LogP contribution in [-0.2, 0) is 6.42 Å². The van der Waals surface area contributed by atoms with E-state index in [4.69, 9.17) is 4.74 Å². The summed E-state index contributed by atoms with van der Waals surface area (Å²) in [5.74, 6) is 0.990. The first-order chi connectivity index (χ1) is 8.17. The SMILES string of the molecule is CCNC(C)CCCc1cc(Br)ccc1OC. The van der Waals surface area contributed by atoms with Gasteiger partial charge in [0.1, 0.15) is 5.75 Å². The van der Waals surface area contributed by atoms with Crippen LogP contribution in [0.3, 0.4) is 0 Å². The molecule has 1 aromatic rings. The van der Waals surface area contributed by atoms with E-state index in [0.29, 0.717) is 6.04 Å². The van der Waals surface area contributed by atoms with E-state index in [0.717, 1.165) is 23.2 Å². The highest BCUT2D eigenvalue weighted by atomic mass is 79.9. The number of ether oxygens (including phenoxy) is 1. The summed E-state index contributed by atoms with van der Waals surface area (Å²) in [6.07, 6.45) is 3.45. The Balaban J connectivity index is 2.48. The third kappa shape index (κ3) is 5.09. The number of nitrogens with one attached hydrogen (secondary N) is 1. The van der Waals surface area contributed by atoms with Crippen LogP contribution in [0.2, 0.25) is 0 Å². The van der Waals surface area contributed by atoms with Crippen molar-refractivity contribution < 1.29 is 4.74 Å². The van der Waals surface area contributed by atoms with Crippen molar-refractivity contribution in [1.82, 2.24) is 5.32 Å². The molecule has 0 aromatic heterocycles. The Kier molecular flexibility index (Phi) is 6.60. The van der Waals surface area contributed by atoms with Gasteiger partial charge in [0.2, 0.25) is 0 Å². The zero-order valence-corrected chi connectivity index (χ0v) is 12.5. The summed E-state index contributed by atoms with van der Waals surface area (Å²) >= 11 is 3.50. The van der Waals surface area contributed by atoms with Gasteiger partial charge in [0.05, 0.1) is 7.11 Å². The van der Waals surface area contributed by atoms with Crippen LogP contribution in [0, 0.1) is 0 Å². The normalized spacial score (nSPS) is 12.5. The van der Waals surface area contributed by atoms with Crippen molar-refractivity contribution >= 4 is 15.9 Å². The molecule has 96 valence electrons. The summed E-state index contributed by atoms with van der Waals surface area (Å²) < 4.78 is 6.49. The number of halogens is 1. The molecule has 0 radical (unpaired) electrons. The predicted molar refractivity (Wildman–Crippen MR) is 76.8 cm³/mol. The van der Waals surface area contributed by atoms with Gasteiger partial charge in [0, 0.05) is 10.5 Å². The van der Waals surface area contributed by atoms with E-state index in [2.05, 4.69) is 41.2 Å². The highest BCUT2D eigenvalue weighted by Crippen LogP contribution is 2.24. The van der Waals surface area contributed by atoms with Crippen molar-refractivity contribution in [2.45, 2.75) is 39.2 Å². The minimum absolute atomic E-state index is 0.596. The molecule has 1 unspecified atom stereocenters. The smallest absolute Gasteiger partial charge is 0.122 e. The summed E-state index contributed by atoms with van der Waals surface area (Å²) in [6, 6.07) is 6.78. The van der Waals surface area contributed by atoms with Crippen LogP contribution < -0.4 is 10.1 Å². The Morgan fingerprint density at radius 1 is 1.41 bits per heavy atom. The fraction of sp³-hybridized carbons (Fsp3) is 0.571. The maximum Gasteiger partial charge on any atom is 0.122 e. The van der Waals surface area contributed by atoms with Gasteiger partial charge < -0.3 is 10.1 Å². The summed E-state index contributed by atoms with van der Waals surface area (Å²) in [4.78, 5) is 0. The Labute approximate surface area is 113 Å². The lowest BCUT2D eigenvalue weighted by Crippen LogP contribution is -2.25. The highest BCUT2D eigenvalue weighted by Gasteiger charge is 2.05. The number of rotatable bonds is 7. The Hall–Kier alpha value is -0.540. The quantitative estimate of drug-likeness (QED) is 0.827. The molecule has 0 aliphatic carbocycles. The van der Waals surface area contributed by atoms with Gasteiger partial charge in [-0.05, 0) is 56.5 Å². The molecule has 1 N–H and O–H groups in total. The summed E-state index contributed by atoms with van der Waals surface area (Å²) in [7, 11) is 1.73. The van der Waals surface area contributed by atoms with E-state index in [1.165, 1.54) is 18.4 Å². The lowest BCUT2D eigenvalue weighted by atomic mass is 10.0. The Bertz CT molecular complexity index is 341. The van der Waals surface area contributed by atoms with Crippen molar-refractivity contribution in [2.24, 2.45) is 0 Å². The van der Waals surface area contributed by atoms with E-state index in [9.17, 15) is 0 Å². The van der Waals surface area contributed by atoms with E-state index < -0.39 is 0 Å². The second-order valence-electron chi connectivity index (χ2n) is 4.31. The second kappa shape index (κ2) is 7.72. The van der Waals surface area contributed by atoms with Crippen LogP contribution in [0.5, 0.6) is 5.75 Å². The molecular formula is C14H22BrNO. The molecule has 0 aliphatic heterocycles. The average Bonchev–Trinajstić information content (AvgIpc) is 2.30. The van der Waals surface area contributed by atoms with Gasteiger partial charge >= 0.3 is 0 Å². The van der Waals surface area contributed by atoms with Crippen molar-refractivity contribution in [3.05, 3.63) is 28.2 Å². The minimum atomic E-state index is 0.596. The van der Waals surface area contributed by atoms with Crippen LogP contribution in [0.15, 0.2) is 22.7 Å². The van der Waals surface area contributed by atoms with Crippen LogP contribution in [0.1, 0.15) is 32.3 Å².